The standard InChI is InChI=1S/C17H14N2/c1-3-8-14(9-4-1)16-12-7-13-17(19-16)18-15-10-5-2-6-11-15/h1-13H,(H,18,19). The molecule has 0 aliphatic heterocycles. The zero-order valence-corrected chi connectivity index (χ0v) is 10.5. The minimum absolute atomic E-state index is 0.854. The van der Waals surface area contributed by atoms with Crippen molar-refractivity contribution in [3.8, 4) is 11.3 Å². The van der Waals surface area contributed by atoms with Crippen LogP contribution in [0.4, 0.5) is 11.5 Å². The van der Waals surface area contributed by atoms with E-state index in [4.69, 9.17) is 0 Å². The second kappa shape index (κ2) is 5.36. The molecule has 3 aromatic rings. The lowest BCUT2D eigenvalue weighted by Gasteiger charge is -2.07. The molecule has 0 unspecified atom stereocenters. The van der Waals surface area contributed by atoms with Gasteiger partial charge in [0.05, 0.1) is 5.69 Å². The maximum absolute atomic E-state index is 4.63. The van der Waals surface area contributed by atoms with Gasteiger partial charge in [0.25, 0.3) is 0 Å². The second-order valence-corrected chi connectivity index (χ2v) is 4.27. The van der Waals surface area contributed by atoms with Gasteiger partial charge in [0.2, 0.25) is 0 Å². The van der Waals surface area contributed by atoms with Crippen molar-refractivity contribution in [2.75, 3.05) is 5.32 Å². The fraction of sp³-hybridized carbons (Fsp3) is 0. The number of hydrogen-bond acceptors (Lipinski definition) is 2. The number of para-hydroxylation sites is 1. The van der Waals surface area contributed by atoms with Gasteiger partial charge in [0.1, 0.15) is 5.82 Å². The van der Waals surface area contributed by atoms with Crippen LogP contribution in [0.2, 0.25) is 0 Å². The second-order valence-electron chi connectivity index (χ2n) is 4.27. The molecule has 1 N–H and O–H groups in total. The van der Waals surface area contributed by atoms with Crippen molar-refractivity contribution in [2.24, 2.45) is 0 Å². The summed E-state index contributed by atoms with van der Waals surface area (Å²) in [5.74, 6) is 0.854. The van der Waals surface area contributed by atoms with E-state index in [1.807, 2.05) is 66.7 Å². The lowest BCUT2D eigenvalue weighted by molar-refractivity contribution is 1.31. The Kier molecular flexibility index (Phi) is 3.24. The van der Waals surface area contributed by atoms with Crippen LogP contribution in [0.25, 0.3) is 11.3 Å². The molecule has 0 fully saturated rings. The Balaban J connectivity index is 1.89. The fourth-order valence-corrected chi connectivity index (χ4v) is 1.94. The summed E-state index contributed by atoms with van der Waals surface area (Å²) >= 11 is 0. The largest absolute Gasteiger partial charge is 0.340 e. The van der Waals surface area contributed by atoms with Crippen LogP contribution in [-0.4, -0.2) is 4.98 Å². The number of nitrogens with one attached hydrogen (secondary N) is 1. The molecule has 1 aromatic heterocycles. The van der Waals surface area contributed by atoms with Gasteiger partial charge in [-0.25, -0.2) is 4.98 Å². The molecule has 0 atom stereocenters. The first-order valence-corrected chi connectivity index (χ1v) is 6.26. The van der Waals surface area contributed by atoms with Crippen LogP contribution in [-0.2, 0) is 0 Å². The molecule has 1 heterocycles. The molecular weight excluding hydrogens is 232 g/mol. The monoisotopic (exact) mass is 246 g/mol. The van der Waals surface area contributed by atoms with Gasteiger partial charge in [0, 0.05) is 11.3 Å². The lowest BCUT2D eigenvalue weighted by atomic mass is 10.1. The predicted octanol–water partition coefficient (Wildman–Crippen LogP) is 4.49. The Labute approximate surface area is 112 Å². The molecule has 0 saturated carbocycles. The molecule has 0 amide bonds. The number of aromatic nitrogens is 1. The fourth-order valence-electron chi connectivity index (χ4n) is 1.94. The van der Waals surface area contributed by atoms with Gasteiger partial charge in [-0.2, -0.15) is 0 Å². The van der Waals surface area contributed by atoms with E-state index in [0.717, 1.165) is 22.8 Å². The highest BCUT2D eigenvalue weighted by molar-refractivity contribution is 5.63. The van der Waals surface area contributed by atoms with Crippen LogP contribution in [0.5, 0.6) is 0 Å². The van der Waals surface area contributed by atoms with Gasteiger partial charge in [-0.3, -0.25) is 0 Å². The normalized spacial score (nSPS) is 10.1. The summed E-state index contributed by atoms with van der Waals surface area (Å²) in [5, 5.41) is 3.30. The Hall–Kier alpha value is -2.61. The lowest BCUT2D eigenvalue weighted by Crippen LogP contribution is -1.94. The van der Waals surface area contributed by atoms with Gasteiger partial charge in [-0.1, -0.05) is 54.6 Å². The van der Waals surface area contributed by atoms with Crippen LogP contribution < -0.4 is 5.32 Å². The van der Waals surface area contributed by atoms with E-state index in [-0.39, 0.29) is 0 Å². The van der Waals surface area contributed by atoms with Gasteiger partial charge in [-0.05, 0) is 24.3 Å². The maximum atomic E-state index is 4.63. The summed E-state index contributed by atoms with van der Waals surface area (Å²) in [6, 6.07) is 26.2. The molecule has 2 heteroatoms. The molecule has 3 rings (SSSR count). The smallest absolute Gasteiger partial charge is 0.131 e. The van der Waals surface area contributed by atoms with Crippen LogP contribution in [0, 0.1) is 0 Å². The SMILES string of the molecule is c1ccc(Nc2cccc(-c3ccccc3)n2)cc1. The molecule has 0 aliphatic rings. The third-order valence-electron chi connectivity index (χ3n) is 2.86. The summed E-state index contributed by atoms with van der Waals surface area (Å²) in [6.07, 6.45) is 0. The molecular formula is C17H14N2. The van der Waals surface area contributed by atoms with Gasteiger partial charge in [-0.15, -0.1) is 0 Å². The zero-order chi connectivity index (χ0) is 12.9. The molecule has 0 saturated heterocycles. The number of pyridine rings is 1. The molecule has 0 spiro atoms. The first-order chi connectivity index (χ1) is 9.42. The molecule has 2 aromatic carbocycles. The molecule has 0 radical (unpaired) electrons. The Morgan fingerprint density at radius 1 is 0.632 bits per heavy atom. The first kappa shape index (κ1) is 11.5. The highest BCUT2D eigenvalue weighted by atomic mass is 15.0. The van der Waals surface area contributed by atoms with E-state index in [9.17, 15) is 0 Å². The zero-order valence-electron chi connectivity index (χ0n) is 10.5. The summed E-state index contributed by atoms with van der Waals surface area (Å²) in [4.78, 5) is 4.63. The first-order valence-electron chi connectivity index (χ1n) is 6.26. The number of nitrogens with zero attached hydrogens (tertiary/aromatic N) is 1. The number of rotatable bonds is 3. The van der Waals surface area contributed by atoms with E-state index >= 15 is 0 Å². The minimum atomic E-state index is 0.854. The van der Waals surface area contributed by atoms with E-state index in [0.29, 0.717) is 0 Å². The third kappa shape index (κ3) is 2.80. The number of anilines is 2. The summed E-state index contributed by atoms with van der Waals surface area (Å²) in [6.45, 7) is 0. The number of hydrogen-bond donors (Lipinski definition) is 1. The van der Waals surface area contributed by atoms with Crippen molar-refractivity contribution >= 4 is 11.5 Å². The summed E-state index contributed by atoms with van der Waals surface area (Å²) in [5.41, 5.74) is 3.14. The van der Waals surface area contributed by atoms with Gasteiger partial charge in [0.15, 0.2) is 0 Å². The van der Waals surface area contributed by atoms with Crippen molar-refractivity contribution in [2.45, 2.75) is 0 Å². The van der Waals surface area contributed by atoms with E-state index in [2.05, 4.69) is 22.4 Å². The van der Waals surface area contributed by atoms with Crippen molar-refractivity contribution in [3.63, 3.8) is 0 Å². The molecule has 0 aliphatic carbocycles. The van der Waals surface area contributed by atoms with E-state index in [1.165, 1.54) is 0 Å². The Morgan fingerprint density at radius 3 is 2.05 bits per heavy atom. The molecule has 92 valence electrons. The molecule has 19 heavy (non-hydrogen) atoms. The van der Waals surface area contributed by atoms with Crippen molar-refractivity contribution in [1.82, 2.24) is 4.98 Å². The van der Waals surface area contributed by atoms with Crippen LogP contribution in [0.15, 0.2) is 78.9 Å². The third-order valence-corrected chi connectivity index (χ3v) is 2.86. The van der Waals surface area contributed by atoms with Crippen molar-refractivity contribution < 1.29 is 0 Å². The highest BCUT2D eigenvalue weighted by Gasteiger charge is 2.00. The van der Waals surface area contributed by atoms with Gasteiger partial charge < -0.3 is 5.32 Å². The van der Waals surface area contributed by atoms with Crippen molar-refractivity contribution in [1.29, 1.82) is 0 Å². The topological polar surface area (TPSA) is 24.9 Å². The Bertz CT molecular complexity index is 648. The average molecular weight is 246 g/mol. The van der Waals surface area contributed by atoms with Crippen molar-refractivity contribution in [3.05, 3.63) is 78.9 Å². The average Bonchev–Trinajstić information content (AvgIpc) is 2.49. The van der Waals surface area contributed by atoms with Crippen LogP contribution >= 0.6 is 0 Å². The maximum Gasteiger partial charge on any atom is 0.131 e. The predicted molar refractivity (Wildman–Crippen MR) is 79.4 cm³/mol. The van der Waals surface area contributed by atoms with Crippen LogP contribution in [0.3, 0.4) is 0 Å². The highest BCUT2D eigenvalue weighted by Crippen LogP contribution is 2.20. The minimum Gasteiger partial charge on any atom is -0.340 e. The number of benzene rings is 2. The van der Waals surface area contributed by atoms with Crippen LogP contribution in [0.1, 0.15) is 0 Å². The van der Waals surface area contributed by atoms with Gasteiger partial charge >= 0.3 is 0 Å². The Morgan fingerprint density at radius 2 is 1.32 bits per heavy atom. The quantitative estimate of drug-likeness (QED) is 0.736. The van der Waals surface area contributed by atoms with E-state index in [1.54, 1.807) is 0 Å². The summed E-state index contributed by atoms with van der Waals surface area (Å²) in [7, 11) is 0. The molecule has 2 nitrogen and oxygen atoms in total. The summed E-state index contributed by atoms with van der Waals surface area (Å²) < 4.78 is 0. The molecule has 0 bridgehead atoms. The van der Waals surface area contributed by atoms with E-state index < -0.39 is 0 Å².